The minimum absolute atomic E-state index is 0.0274. The van der Waals surface area contributed by atoms with Crippen LogP contribution in [-0.2, 0) is 0 Å². The summed E-state index contributed by atoms with van der Waals surface area (Å²) in [7, 11) is 3.30. The fraction of sp³-hybridized carbons (Fsp3) is 0.625. The second kappa shape index (κ2) is 5.41. The standard InChI is InChI=1S/C16H24O3/c1-5-16(6-2)12(10-15(16)17)11-7-8-13(18-3)14(9-11)19-4/h7-9,12,15,17H,5-6,10H2,1-4H3. The van der Waals surface area contributed by atoms with E-state index in [4.69, 9.17) is 9.47 Å². The highest BCUT2D eigenvalue weighted by Gasteiger charge is 2.52. The Morgan fingerprint density at radius 2 is 1.79 bits per heavy atom. The Hall–Kier alpha value is -1.22. The summed E-state index contributed by atoms with van der Waals surface area (Å²) >= 11 is 0. The van der Waals surface area contributed by atoms with Gasteiger partial charge in [0.05, 0.1) is 20.3 Å². The zero-order valence-electron chi connectivity index (χ0n) is 12.3. The third-order valence-electron chi connectivity index (χ3n) is 4.94. The normalized spacial score (nSPS) is 24.7. The Bertz CT molecular complexity index is 438. The lowest BCUT2D eigenvalue weighted by atomic mass is 9.53. The minimum Gasteiger partial charge on any atom is -0.493 e. The van der Waals surface area contributed by atoms with Gasteiger partial charge in [-0.05, 0) is 42.9 Å². The molecule has 2 atom stereocenters. The molecule has 1 aliphatic carbocycles. The van der Waals surface area contributed by atoms with Crippen molar-refractivity contribution in [3.05, 3.63) is 23.8 Å². The fourth-order valence-electron chi connectivity index (χ4n) is 3.52. The molecule has 3 heteroatoms. The van der Waals surface area contributed by atoms with Crippen molar-refractivity contribution in [3.8, 4) is 11.5 Å². The van der Waals surface area contributed by atoms with Crippen LogP contribution in [0.15, 0.2) is 18.2 Å². The maximum absolute atomic E-state index is 10.2. The van der Waals surface area contributed by atoms with Gasteiger partial charge in [-0.2, -0.15) is 0 Å². The highest BCUT2D eigenvalue weighted by atomic mass is 16.5. The average Bonchev–Trinajstić information content (AvgIpc) is 2.45. The summed E-state index contributed by atoms with van der Waals surface area (Å²) in [5.74, 6) is 1.93. The van der Waals surface area contributed by atoms with Crippen LogP contribution in [0.25, 0.3) is 0 Å². The van der Waals surface area contributed by atoms with E-state index in [9.17, 15) is 5.11 Å². The molecular weight excluding hydrogens is 240 g/mol. The lowest BCUT2D eigenvalue weighted by Crippen LogP contribution is -2.50. The molecular formula is C16H24O3. The van der Waals surface area contributed by atoms with E-state index in [0.29, 0.717) is 5.92 Å². The molecule has 3 nitrogen and oxygen atoms in total. The maximum atomic E-state index is 10.2. The first-order valence-electron chi connectivity index (χ1n) is 7.02. The van der Waals surface area contributed by atoms with E-state index in [1.165, 1.54) is 5.56 Å². The highest BCUT2D eigenvalue weighted by Crippen LogP contribution is 2.57. The Labute approximate surface area is 115 Å². The van der Waals surface area contributed by atoms with Crippen LogP contribution < -0.4 is 9.47 Å². The first-order chi connectivity index (χ1) is 9.12. The van der Waals surface area contributed by atoms with Gasteiger partial charge in [-0.3, -0.25) is 0 Å². The fourth-order valence-corrected chi connectivity index (χ4v) is 3.52. The van der Waals surface area contributed by atoms with Crippen molar-refractivity contribution in [1.82, 2.24) is 0 Å². The third-order valence-corrected chi connectivity index (χ3v) is 4.94. The number of methoxy groups -OCH3 is 2. The molecule has 0 heterocycles. The highest BCUT2D eigenvalue weighted by molar-refractivity contribution is 5.45. The Morgan fingerprint density at radius 1 is 1.16 bits per heavy atom. The van der Waals surface area contributed by atoms with Crippen molar-refractivity contribution in [3.63, 3.8) is 0 Å². The van der Waals surface area contributed by atoms with Crippen molar-refractivity contribution in [2.45, 2.75) is 45.1 Å². The second-order valence-electron chi connectivity index (χ2n) is 5.36. The monoisotopic (exact) mass is 264 g/mol. The van der Waals surface area contributed by atoms with Crippen LogP contribution in [0.3, 0.4) is 0 Å². The van der Waals surface area contributed by atoms with Crippen LogP contribution in [0.5, 0.6) is 11.5 Å². The van der Waals surface area contributed by atoms with Gasteiger partial charge < -0.3 is 14.6 Å². The Kier molecular flexibility index (Phi) is 4.04. The molecule has 1 saturated carbocycles. The van der Waals surface area contributed by atoms with Gasteiger partial charge in [0, 0.05) is 5.41 Å². The number of rotatable bonds is 5. The zero-order valence-corrected chi connectivity index (χ0v) is 12.3. The molecule has 19 heavy (non-hydrogen) atoms. The molecule has 2 unspecified atom stereocenters. The minimum atomic E-state index is -0.180. The lowest BCUT2D eigenvalue weighted by molar-refractivity contribution is -0.0932. The van der Waals surface area contributed by atoms with Gasteiger partial charge in [-0.15, -0.1) is 0 Å². The van der Waals surface area contributed by atoms with Crippen LogP contribution in [0.1, 0.15) is 44.6 Å². The molecule has 0 aromatic heterocycles. The quantitative estimate of drug-likeness (QED) is 0.886. The van der Waals surface area contributed by atoms with Gasteiger partial charge >= 0.3 is 0 Å². The lowest BCUT2D eigenvalue weighted by Gasteiger charge is -2.54. The molecule has 106 valence electrons. The second-order valence-corrected chi connectivity index (χ2v) is 5.36. The average molecular weight is 264 g/mol. The maximum Gasteiger partial charge on any atom is 0.160 e. The molecule has 0 spiro atoms. The molecule has 1 aliphatic rings. The summed E-state index contributed by atoms with van der Waals surface area (Å²) in [6, 6.07) is 6.10. The first kappa shape index (κ1) is 14.2. The van der Waals surface area contributed by atoms with Gasteiger partial charge in [0.15, 0.2) is 11.5 Å². The van der Waals surface area contributed by atoms with Crippen LogP contribution in [0.4, 0.5) is 0 Å². The van der Waals surface area contributed by atoms with Crippen molar-refractivity contribution in [2.24, 2.45) is 5.41 Å². The zero-order chi connectivity index (χ0) is 14.0. The van der Waals surface area contributed by atoms with Gasteiger partial charge in [0.25, 0.3) is 0 Å². The molecule has 0 aliphatic heterocycles. The van der Waals surface area contributed by atoms with Gasteiger partial charge in [0.2, 0.25) is 0 Å². The molecule has 1 fully saturated rings. The van der Waals surface area contributed by atoms with E-state index in [2.05, 4.69) is 26.0 Å². The number of benzene rings is 1. The van der Waals surface area contributed by atoms with Crippen molar-refractivity contribution >= 4 is 0 Å². The van der Waals surface area contributed by atoms with Crippen LogP contribution in [0.2, 0.25) is 0 Å². The predicted octanol–water partition coefficient (Wildman–Crippen LogP) is 3.36. The molecule has 0 radical (unpaired) electrons. The molecule has 0 bridgehead atoms. The summed E-state index contributed by atoms with van der Waals surface area (Å²) in [5.41, 5.74) is 1.27. The molecule has 1 aromatic carbocycles. The summed E-state index contributed by atoms with van der Waals surface area (Å²) in [6.45, 7) is 4.33. The number of aliphatic hydroxyl groups is 1. The molecule has 1 aromatic rings. The summed E-state index contributed by atoms with van der Waals surface area (Å²) in [6.07, 6.45) is 2.67. The molecule has 0 amide bonds. The number of hydrogen-bond acceptors (Lipinski definition) is 3. The van der Waals surface area contributed by atoms with Gasteiger partial charge in [-0.25, -0.2) is 0 Å². The van der Waals surface area contributed by atoms with E-state index in [1.807, 2.05) is 6.07 Å². The Morgan fingerprint density at radius 3 is 2.26 bits per heavy atom. The summed E-state index contributed by atoms with van der Waals surface area (Å²) < 4.78 is 10.6. The van der Waals surface area contributed by atoms with E-state index in [0.717, 1.165) is 30.8 Å². The van der Waals surface area contributed by atoms with E-state index in [1.54, 1.807) is 14.2 Å². The van der Waals surface area contributed by atoms with Crippen LogP contribution in [0, 0.1) is 5.41 Å². The smallest absolute Gasteiger partial charge is 0.160 e. The number of hydrogen-bond donors (Lipinski definition) is 1. The number of aliphatic hydroxyl groups excluding tert-OH is 1. The summed E-state index contributed by atoms with van der Waals surface area (Å²) in [5, 5.41) is 10.2. The van der Waals surface area contributed by atoms with Crippen LogP contribution in [-0.4, -0.2) is 25.4 Å². The van der Waals surface area contributed by atoms with Crippen molar-refractivity contribution in [1.29, 1.82) is 0 Å². The van der Waals surface area contributed by atoms with E-state index >= 15 is 0 Å². The topological polar surface area (TPSA) is 38.7 Å². The van der Waals surface area contributed by atoms with Crippen molar-refractivity contribution in [2.75, 3.05) is 14.2 Å². The number of ether oxygens (including phenoxy) is 2. The van der Waals surface area contributed by atoms with E-state index in [-0.39, 0.29) is 11.5 Å². The first-order valence-corrected chi connectivity index (χ1v) is 7.02. The predicted molar refractivity (Wildman–Crippen MR) is 75.9 cm³/mol. The largest absolute Gasteiger partial charge is 0.493 e. The van der Waals surface area contributed by atoms with Gasteiger partial charge in [-0.1, -0.05) is 19.9 Å². The van der Waals surface area contributed by atoms with Crippen LogP contribution >= 0.6 is 0 Å². The third kappa shape index (κ3) is 2.10. The van der Waals surface area contributed by atoms with E-state index < -0.39 is 0 Å². The summed E-state index contributed by atoms with van der Waals surface area (Å²) in [4.78, 5) is 0. The SMILES string of the molecule is CCC1(CC)C(O)CC1c1ccc(OC)c(OC)c1. The van der Waals surface area contributed by atoms with Gasteiger partial charge in [0.1, 0.15) is 0 Å². The molecule has 0 saturated heterocycles. The van der Waals surface area contributed by atoms with Crippen molar-refractivity contribution < 1.29 is 14.6 Å². The Balaban J connectivity index is 2.33. The molecule has 2 rings (SSSR count). The molecule has 1 N–H and O–H groups in total.